The second kappa shape index (κ2) is 5.35. The molecule has 3 N–H and O–H groups in total. The van der Waals surface area contributed by atoms with E-state index in [9.17, 15) is 14.9 Å². The molecule has 1 amide bonds. The first-order chi connectivity index (χ1) is 9.49. The zero-order chi connectivity index (χ0) is 14.7. The largest absolute Gasteiger partial charge is 0.398 e. The fourth-order valence-electron chi connectivity index (χ4n) is 1.69. The SMILES string of the molecule is Cc1cc([N+](=O)[O-])ccc1NC(=O)c1cnccc1N. The van der Waals surface area contributed by atoms with E-state index in [2.05, 4.69) is 10.3 Å². The average Bonchev–Trinajstić information content (AvgIpc) is 2.41. The summed E-state index contributed by atoms with van der Waals surface area (Å²) in [5.74, 6) is -0.410. The molecule has 0 aliphatic rings. The molecule has 7 nitrogen and oxygen atoms in total. The quantitative estimate of drug-likeness (QED) is 0.656. The highest BCUT2D eigenvalue weighted by Crippen LogP contribution is 2.22. The van der Waals surface area contributed by atoms with Crippen molar-refractivity contribution in [1.82, 2.24) is 4.98 Å². The first kappa shape index (κ1) is 13.5. The molecule has 0 unspecified atom stereocenters. The Morgan fingerprint density at radius 3 is 2.75 bits per heavy atom. The highest BCUT2D eigenvalue weighted by atomic mass is 16.6. The van der Waals surface area contributed by atoms with Gasteiger partial charge in [-0.1, -0.05) is 0 Å². The summed E-state index contributed by atoms with van der Waals surface area (Å²) in [6.45, 7) is 1.68. The summed E-state index contributed by atoms with van der Waals surface area (Å²) in [4.78, 5) is 26.0. The number of nitrogens with two attached hydrogens (primary N) is 1. The Balaban J connectivity index is 2.25. The van der Waals surface area contributed by atoms with Crippen molar-refractivity contribution in [3.05, 3.63) is 57.9 Å². The molecule has 0 radical (unpaired) electrons. The molecule has 0 spiro atoms. The predicted molar refractivity (Wildman–Crippen MR) is 74.4 cm³/mol. The number of hydrogen-bond donors (Lipinski definition) is 2. The monoisotopic (exact) mass is 272 g/mol. The second-order valence-electron chi connectivity index (χ2n) is 4.17. The van der Waals surface area contributed by atoms with E-state index in [4.69, 9.17) is 5.73 Å². The zero-order valence-corrected chi connectivity index (χ0v) is 10.7. The highest BCUT2D eigenvalue weighted by Gasteiger charge is 2.13. The molecule has 0 saturated heterocycles. The number of non-ortho nitro benzene ring substituents is 1. The molecule has 1 heterocycles. The highest BCUT2D eigenvalue weighted by molar-refractivity contribution is 6.07. The van der Waals surface area contributed by atoms with Gasteiger partial charge in [-0.05, 0) is 24.6 Å². The minimum Gasteiger partial charge on any atom is -0.398 e. The molecule has 0 aliphatic carbocycles. The van der Waals surface area contributed by atoms with Crippen molar-refractivity contribution >= 4 is 23.0 Å². The van der Waals surface area contributed by atoms with E-state index in [1.54, 1.807) is 6.92 Å². The summed E-state index contributed by atoms with van der Waals surface area (Å²) < 4.78 is 0. The Hall–Kier alpha value is -2.96. The number of hydrogen-bond acceptors (Lipinski definition) is 5. The number of aromatic nitrogens is 1. The van der Waals surface area contributed by atoms with E-state index in [-0.39, 0.29) is 11.3 Å². The van der Waals surface area contributed by atoms with Gasteiger partial charge in [0.1, 0.15) is 0 Å². The standard InChI is InChI=1S/C13H12N4O3/c1-8-6-9(17(19)20)2-3-12(8)16-13(18)10-7-15-5-4-11(10)14/h2-7H,1H3,(H2,14,15)(H,16,18). The number of carbonyl (C=O) groups excluding carboxylic acids is 1. The Labute approximate surface area is 114 Å². The van der Waals surface area contributed by atoms with Crippen LogP contribution in [0, 0.1) is 17.0 Å². The number of amides is 1. The third kappa shape index (κ3) is 2.72. The predicted octanol–water partition coefficient (Wildman–Crippen LogP) is 2.13. The van der Waals surface area contributed by atoms with Gasteiger partial charge in [0, 0.05) is 35.9 Å². The van der Waals surface area contributed by atoms with Crippen molar-refractivity contribution in [2.45, 2.75) is 6.92 Å². The first-order valence-corrected chi connectivity index (χ1v) is 5.75. The number of nitro benzene ring substituents is 1. The normalized spacial score (nSPS) is 10.1. The van der Waals surface area contributed by atoms with Crippen LogP contribution in [0.2, 0.25) is 0 Å². The van der Waals surface area contributed by atoms with Crippen molar-refractivity contribution in [1.29, 1.82) is 0 Å². The van der Waals surface area contributed by atoms with Crippen LogP contribution in [0.1, 0.15) is 15.9 Å². The van der Waals surface area contributed by atoms with Crippen LogP contribution >= 0.6 is 0 Å². The van der Waals surface area contributed by atoms with Crippen LogP contribution < -0.4 is 11.1 Å². The number of nitrogens with one attached hydrogen (secondary N) is 1. The van der Waals surface area contributed by atoms with Crippen LogP contribution in [0.25, 0.3) is 0 Å². The van der Waals surface area contributed by atoms with Gasteiger partial charge in [0.05, 0.1) is 10.5 Å². The van der Waals surface area contributed by atoms with Gasteiger partial charge in [0.25, 0.3) is 11.6 Å². The van der Waals surface area contributed by atoms with Gasteiger partial charge in [-0.3, -0.25) is 19.9 Å². The smallest absolute Gasteiger partial charge is 0.269 e. The molecule has 0 saturated carbocycles. The van der Waals surface area contributed by atoms with Crippen LogP contribution in [0.15, 0.2) is 36.7 Å². The molecular formula is C13H12N4O3. The topological polar surface area (TPSA) is 111 Å². The fraction of sp³-hybridized carbons (Fsp3) is 0.0769. The summed E-state index contributed by atoms with van der Waals surface area (Å²) in [5, 5.41) is 13.3. The van der Waals surface area contributed by atoms with Crippen molar-refractivity contribution < 1.29 is 9.72 Å². The van der Waals surface area contributed by atoms with Gasteiger partial charge in [0.15, 0.2) is 0 Å². The summed E-state index contributed by atoms with van der Waals surface area (Å²) in [7, 11) is 0. The minimum atomic E-state index is -0.488. The van der Waals surface area contributed by atoms with Gasteiger partial charge in [-0.2, -0.15) is 0 Å². The Morgan fingerprint density at radius 2 is 2.15 bits per heavy atom. The third-order valence-corrected chi connectivity index (χ3v) is 2.77. The Morgan fingerprint density at radius 1 is 1.40 bits per heavy atom. The number of rotatable bonds is 3. The van der Waals surface area contributed by atoms with Crippen LogP contribution in [-0.2, 0) is 0 Å². The van der Waals surface area contributed by atoms with Crippen molar-refractivity contribution in [3.8, 4) is 0 Å². The summed E-state index contributed by atoms with van der Waals surface area (Å²) in [6, 6.07) is 5.73. The van der Waals surface area contributed by atoms with Crippen LogP contribution in [-0.4, -0.2) is 15.8 Å². The number of anilines is 2. The van der Waals surface area contributed by atoms with Gasteiger partial charge in [-0.15, -0.1) is 0 Å². The molecule has 2 aromatic rings. The van der Waals surface area contributed by atoms with E-state index >= 15 is 0 Å². The van der Waals surface area contributed by atoms with Crippen LogP contribution in [0.5, 0.6) is 0 Å². The molecular weight excluding hydrogens is 260 g/mol. The van der Waals surface area contributed by atoms with E-state index in [0.29, 0.717) is 16.9 Å². The van der Waals surface area contributed by atoms with Gasteiger partial charge in [0.2, 0.25) is 0 Å². The molecule has 0 aliphatic heterocycles. The Bertz CT molecular complexity index is 685. The van der Waals surface area contributed by atoms with Crippen molar-refractivity contribution in [2.24, 2.45) is 0 Å². The van der Waals surface area contributed by atoms with Crippen LogP contribution in [0.4, 0.5) is 17.1 Å². The lowest BCUT2D eigenvalue weighted by Gasteiger charge is -2.09. The molecule has 2 rings (SSSR count). The number of nitrogen functional groups attached to an aromatic ring is 1. The minimum absolute atomic E-state index is 0.0265. The molecule has 0 bridgehead atoms. The van der Waals surface area contributed by atoms with Gasteiger partial charge >= 0.3 is 0 Å². The molecule has 1 aromatic carbocycles. The zero-order valence-electron chi connectivity index (χ0n) is 10.7. The molecule has 7 heteroatoms. The summed E-state index contributed by atoms with van der Waals surface area (Å²) >= 11 is 0. The average molecular weight is 272 g/mol. The molecule has 1 aromatic heterocycles. The number of nitrogens with zero attached hydrogens (tertiary/aromatic N) is 2. The number of nitro groups is 1. The maximum absolute atomic E-state index is 12.0. The molecule has 102 valence electrons. The molecule has 20 heavy (non-hydrogen) atoms. The van der Waals surface area contributed by atoms with Crippen molar-refractivity contribution in [3.63, 3.8) is 0 Å². The van der Waals surface area contributed by atoms with Gasteiger partial charge in [-0.25, -0.2) is 0 Å². The van der Waals surface area contributed by atoms with Gasteiger partial charge < -0.3 is 11.1 Å². The first-order valence-electron chi connectivity index (χ1n) is 5.75. The number of pyridine rings is 1. The van der Waals surface area contributed by atoms with E-state index in [1.807, 2.05) is 0 Å². The van der Waals surface area contributed by atoms with Crippen molar-refractivity contribution in [2.75, 3.05) is 11.1 Å². The number of benzene rings is 1. The van der Waals surface area contributed by atoms with E-state index < -0.39 is 10.8 Å². The van der Waals surface area contributed by atoms with E-state index in [0.717, 1.165) is 0 Å². The lowest BCUT2D eigenvalue weighted by molar-refractivity contribution is -0.384. The maximum Gasteiger partial charge on any atom is 0.269 e. The fourth-order valence-corrected chi connectivity index (χ4v) is 1.69. The number of aryl methyl sites for hydroxylation is 1. The van der Waals surface area contributed by atoms with E-state index in [1.165, 1.54) is 36.7 Å². The second-order valence-corrected chi connectivity index (χ2v) is 4.17. The molecule has 0 atom stereocenters. The van der Waals surface area contributed by atoms with Crippen LogP contribution in [0.3, 0.4) is 0 Å². The maximum atomic E-state index is 12.0. The summed E-state index contributed by atoms with van der Waals surface area (Å²) in [6.07, 6.45) is 2.86. The molecule has 0 fully saturated rings. The number of carbonyl (C=O) groups is 1. The Kier molecular flexibility index (Phi) is 3.60. The lowest BCUT2D eigenvalue weighted by atomic mass is 10.1. The lowest BCUT2D eigenvalue weighted by Crippen LogP contribution is -2.15. The summed E-state index contributed by atoms with van der Waals surface area (Å²) in [5.41, 5.74) is 7.31. The third-order valence-electron chi connectivity index (χ3n) is 2.77.